The lowest BCUT2D eigenvalue weighted by atomic mass is 9.89. The van der Waals surface area contributed by atoms with E-state index in [1.54, 1.807) is 18.2 Å². The maximum absolute atomic E-state index is 12.1. The van der Waals surface area contributed by atoms with Gasteiger partial charge in [0.15, 0.2) is 0 Å². The molecule has 2 N–H and O–H groups in total. The van der Waals surface area contributed by atoms with Gasteiger partial charge in [-0.05, 0) is 25.0 Å². The molecule has 1 heterocycles. The Morgan fingerprint density at radius 2 is 2.00 bits per heavy atom. The average Bonchev–Trinajstić information content (AvgIpc) is 2.91. The monoisotopic (exact) mass is 340 g/mol. The minimum atomic E-state index is -3.82. The van der Waals surface area contributed by atoms with Gasteiger partial charge in [0.25, 0.3) is 10.0 Å². The number of sulfonamides is 1. The van der Waals surface area contributed by atoms with Crippen LogP contribution in [-0.2, 0) is 14.8 Å². The first kappa shape index (κ1) is 15.4. The third-order valence-electron chi connectivity index (χ3n) is 3.74. The topological polar surface area (TPSA) is 99.4 Å². The van der Waals surface area contributed by atoms with Gasteiger partial charge in [-0.1, -0.05) is 19.3 Å². The highest BCUT2D eigenvalue weighted by atomic mass is 32.2. The van der Waals surface area contributed by atoms with E-state index >= 15 is 0 Å². The van der Waals surface area contributed by atoms with E-state index in [1.165, 1.54) is 6.42 Å². The fraction of sp³-hybridized carbons (Fsp3) is 0.429. The molecule has 3 rings (SSSR count). The number of thiazole rings is 1. The second-order valence-corrected chi connectivity index (χ2v) is 8.18. The van der Waals surface area contributed by atoms with Crippen LogP contribution in [0.1, 0.15) is 32.1 Å². The molecule has 1 aromatic carbocycles. The fourth-order valence-corrected chi connectivity index (χ4v) is 4.29. The van der Waals surface area contributed by atoms with E-state index < -0.39 is 10.0 Å². The molecule has 1 aliphatic rings. The van der Waals surface area contributed by atoms with Crippen LogP contribution in [-0.4, -0.2) is 19.4 Å². The van der Waals surface area contributed by atoms with Gasteiger partial charge in [-0.15, -0.1) is 11.3 Å². The van der Waals surface area contributed by atoms with Gasteiger partial charge < -0.3 is 4.74 Å². The van der Waals surface area contributed by atoms with E-state index in [4.69, 9.17) is 9.88 Å². The molecule has 0 bridgehead atoms. The smallest absolute Gasteiger partial charge is 0.314 e. The van der Waals surface area contributed by atoms with Gasteiger partial charge in [-0.3, -0.25) is 4.79 Å². The number of carbonyl (C=O) groups excluding carboxylic acids is 1. The Labute approximate surface area is 132 Å². The standard InChI is InChI=1S/C14H16N2O4S2/c15-22(18,19)14-16-11-7-6-10(8-12(11)21-14)20-13(17)9-4-2-1-3-5-9/h6-9H,1-5H2,(H2,15,18,19). The van der Waals surface area contributed by atoms with Gasteiger partial charge in [0, 0.05) is 6.07 Å². The predicted molar refractivity (Wildman–Crippen MR) is 83.2 cm³/mol. The number of rotatable bonds is 3. The summed E-state index contributed by atoms with van der Waals surface area (Å²) in [6, 6.07) is 4.88. The maximum Gasteiger partial charge on any atom is 0.314 e. The Hall–Kier alpha value is -1.51. The summed E-state index contributed by atoms with van der Waals surface area (Å²) in [6.07, 6.45) is 5.04. The number of hydrogen-bond donors (Lipinski definition) is 1. The molecule has 2 aromatic rings. The van der Waals surface area contributed by atoms with E-state index in [2.05, 4.69) is 4.98 Å². The molecule has 0 spiro atoms. The Morgan fingerprint density at radius 1 is 1.27 bits per heavy atom. The highest BCUT2D eigenvalue weighted by molar-refractivity contribution is 7.91. The van der Waals surface area contributed by atoms with E-state index in [0.717, 1.165) is 37.0 Å². The van der Waals surface area contributed by atoms with Crippen LogP contribution in [0.25, 0.3) is 10.2 Å². The minimum absolute atomic E-state index is 0.0362. The Morgan fingerprint density at radius 3 is 2.68 bits per heavy atom. The van der Waals surface area contributed by atoms with Gasteiger partial charge >= 0.3 is 5.97 Å². The van der Waals surface area contributed by atoms with Crippen LogP contribution >= 0.6 is 11.3 Å². The number of hydrogen-bond acceptors (Lipinski definition) is 6. The van der Waals surface area contributed by atoms with E-state index in [0.29, 0.717) is 16.0 Å². The summed E-state index contributed by atoms with van der Waals surface area (Å²) in [7, 11) is -3.82. The van der Waals surface area contributed by atoms with Crippen molar-refractivity contribution in [3.05, 3.63) is 18.2 Å². The molecular formula is C14H16N2O4S2. The van der Waals surface area contributed by atoms with Crippen LogP contribution in [0.4, 0.5) is 0 Å². The number of nitrogens with two attached hydrogens (primary N) is 1. The van der Waals surface area contributed by atoms with Crippen LogP contribution in [0.3, 0.4) is 0 Å². The van der Waals surface area contributed by atoms with E-state index in [9.17, 15) is 13.2 Å². The molecule has 0 unspecified atom stereocenters. The lowest BCUT2D eigenvalue weighted by Crippen LogP contribution is -2.22. The SMILES string of the molecule is NS(=O)(=O)c1nc2ccc(OC(=O)C3CCCCC3)cc2s1. The van der Waals surface area contributed by atoms with Crippen molar-refractivity contribution in [2.75, 3.05) is 0 Å². The molecule has 0 atom stereocenters. The second kappa shape index (κ2) is 5.94. The summed E-state index contributed by atoms with van der Waals surface area (Å²) >= 11 is 0.966. The molecule has 22 heavy (non-hydrogen) atoms. The number of benzene rings is 1. The third-order valence-corrected chi connectivity index (χ3v) is 6.08. The van der Waals surface area contributed by atoms with Crippen molar-refractivity contribution in [1.29, 1.82) is 0 Å². The number of nitrogens with zero attached hydrogens (tertiary/aromatic N) is 1. The Kier molecular flexibility index (Phi) is 4.16. The highest BCUT2D eigenvalue weighted by Gasteiger charge is 2.23. The van der Waals surface area contributed by atoms with Crippen molar-refractivity contribution in [2.45, 2.75) is 36.4 Å². The van der Waals surface area contributed by atoms with Gasteiger partial charge in [0.2, 0.25) is 4.34 Å². The molecule has 118 valence electrons. The summed E-state index contributed by atoms with van der Waals surface area (Å²) in [5, 5.41) is 5.07. The molecule has 1 saturated carbocycles. The number of fused-ring (bicyclic) bond motifs is 1. The zero-order valence-electron chi connectivity index (χ0n) is 11.8. The lowest BCUT2D eigenvalue weighted by molar-refractivity contribution is -0.139. The third kappa shape index (κ3) is 3.29. The van der Waals surface area contributed by atoms with Crippen LogP contribution in [0.15, 0.2) is 22.5 Å². The minimum Gasteiger partial charge on any atom is -0.426 e. The van der Waals surface area contributed by atoms with Crippen molar-refractivity contribution < 1.29 is 17.9 Å². The summed E-state index contributed by atoms with van der Waals surface area (Å²) in [5.74, 6) is 0.161. The van der Waals surface area contributed by atoms with Crippen molar-refractivity contribution >= 4 is 37.5 Å². The molecule has 8 heteroatoms. The molecule has 6 nitrogen and oxygen atoms in total. The van der Waals surface area contributed by atoms with E-state index in [1.807, 2.05) is 0 Å². The van der Waals surface area contributed by atoms with Crippen LogP contribution < -0.4 is 9.88 Å². The summed E-state index contributed by atoms with van der Waals surface area (Å²) in [5.41, 5.74) is 0.520. The predicted octanol–water partition coefficient (Wildman–Crippen LogP) is 2.43. The zero-order chi connectivity index (χ0) is 15.7. The number of esters is 1. The Balaban J connectivity index is 1.81. The largest absolute Gasteiger partial charge is 0.426 e. The number of primary sulfonamides is 1. The number of ether oxygens (including phenoxy) is 1. The van der Waals surface area contributed by atoms with Gasteiger partial charge in [-0.2, -0.15) is 0 Å². The molecule has 0 amide bonds. The molecule has 0 radical (unpaired) electrons. The summed E-state index contributed by atoms with van der Waals surface area (Å²) in [6.45, 7) is 0. The van der Waals surface area contributed by atoms with Crippen molar-refractivity contribution in [3.8, 4) is 5.75 Å². The number of aromatic nitrogens is 1. The summed E-state index contributed by atoms with van der Waals surface area (Å²) in [4.78, 5) is 16.1. The zero-order valence-corrected chi connectivity index (χ0v) is 13.5. The molecule has 1 fully saturated rings. The molecule has 0 saturated heterocycles. The van der Waals surface area contributed by atoms with Crippen molar-refractivity contribution in [1.82, 2.24) is 4.98 Å². The maximum atomic E-state index is 12.1. The van der Waals surface area contributed by atoms with Crippen molar-refractivity contribution in [2.24, 2.45) is 11.1 Å². The molecule has 1 aliphatic carbocycles. The normalized spacial score (nSPS) is 16.8. The average molecular weight is 340 g/mol. The van der Waals surface area contributed by atoms with Gasteiger partial charge in [0.05, 0.1) is 16.1 Å². The van der Waals surface area contributed by atoms with E-state index in [-0.39, 0.29) is 16.2 Å². The van der Waals surface area contributed by atoms with Crippen LogP contribution in [0, 0.1) is 5.92 Å². The fourth-order valence-electron chi connectivity index (χ4n) is 2.61. The molecule has 0 aliphatic heterocycles. The van der Waals surface area contributed by atoms with Crippen molar-refractivity contribution in [3.63, 3.8) is 0 Å². The highest BCUT2D eigenvalue weighted by Crippen LogP contribution is 2.30. The molecular weight excluding hydrogens is 324 g/mol. The number of carbonyl (C=O) groups is 1. The van der Waals surface area contributed by atoms with Crippen LogP contribution in [0.5, 0.6) is 5.75 Å². The quantitative estimate of drug-likeness (QED) is 0.683. The second-order valence-electron chi connectivity index (χ2n) is 5.41. The first-order valence-electron chi connectivity index (χ1n) is 7.08. The van der Waals surface area contributed by atoms with Crippen LogP contribution in [0.2, 0.25) is 0 Å². The van der Waals surface area contributed by atoms with Gasteiger partial charge in [0.1, 0.15) is 5.75 Å². The first-order chi connectivity index (χ1) is 10.4. The lowest BCUT2D eigenvalue weighted by Gasteiger charge is -2.19. The summed E-state index contributed by atoms with van der Waals surface area (Å²) < 4.78 is 28.5. The Bertz CT molecular complexity index is 807. The van der Waals surface area contributed by atoms with Gasteiger partial charge in [-0.25, -0.2) is 18.5 Å². The molecule has 1 aromatic heterocycles. The first-order valence-corrected chi connectivity index (χ1v) is 9.45.